The number of hydrazone groups is 1. The van der Waals surface area contributed by atoms with Crippen molar-refractivity contribution in [1.29, 1.82) is 0 Å². The molecule has 3 rings (SSSR count). The van der Waals surface area contributed by atoms with Crippen LogP contribution in [0.2, 0.25) is 0 Å². The zero-order chi connectivity index (χ0) is 26.3. The van der Waals surface area contributed by atoms with Crippen molar-refractivity contribution in [2.45, 2.75) is 30.6 Å². The Balaban J connectivity index is 1.81. The highest BCUT2D eigenvalue weighted by Gasteiger charge is 2.27. The van der Waals surface area contributed by atoms with Crippen LogP contribution < -0.4 is 15.0 Å². The van der Waals surface area contributed by atoms with Crippen LogP contribution in [0.5, 0.6) is 0 Å². The molecule has 2 amide bonds. The molecule has 0 radical (unpaired) electrons. The van der Waals surface area contributed by atoms with Crippen LogP contribution in [0.15, 0.2) is 87.7 Å². The topological polar surface area (TPSA) is 108 Å². The Hall–Kier alpha value is -3.63. The lowest BCUT2D eigenvalue weighted by molar-refractivity contribution is -0.119. The highest BCUT2D eigenvalue weighted by Crippen LogP contribution is 2.25. The first kappa shape index (κ1) is 27.0. The van der Waals surface area contributed by atoms with E-state index in [1.54, 1.807) is 67.6 Å². The number of thioether (sulfide) groups is 1. The van der Waals surface area contributed by atoms with Crippen molar-refractivity contribution in [3.8, 4) is 0 Å². The minimum absolute atomic E-state index is 0.0904. The molecule has 8 nitrogen and oxygen atoms in total. The summed E-state index contributed by atoms with van der Waals surface area (Å²) in [6, 6.07) is 20.4. The molecule has 3 aromatic carbocycles. The van der Waals surface area contributed by atoms with E-state index in [4.69, 9.17) is 0 Å². The number of nitrogens with zero attached hydrogens (tertiary/aromatic N) is 2. The van der Waals surface area contributed by atoms with Gasteiger partial charge in [-0.15, -0.1) is 11.8 Å². The Morgan fingerprint density at radius 2 is 1.53 bits per heavy atom. The van der Waals surface area contributed by atoms with Gasteiger partial charge in [0.25, 0.3) is 15.9 Å². The normalized spacial score (nSPS) is 11.6. The van der Waals surface area contributed by atoms with Gasteiger partial charge in [-0.25, -0.2) is 13.8 Å². The molecule has 3 aromatic rings. The van der Waals surface area contributed by atoms with Crippen molar-refractivity contribution in [2.75, 3.05) is 22.4 Å². The summed E-state index contributed by atoms with van der Waals surface area (Å²) in [6.45, 7) is 4.59. The van der Waals surface area contributed by atoms with Crippen LogP contribution in [0.3, 0.4) is 0 Å². The third-order valence-electron chi connectivity index (χ3n) is 5.23. The van der Waals surface area contributed by atoms with Gasteiger partial charge in [0.1, 0.15) is 6.54 Å². The molecule has 0 unspecified atom stereocenters. The first-order valence-corrected chi connectivity index (χ1v) is 13.7. The fourth-order valence-electron chi connectivity index (χ4n) is 3.28. The predicted molar refractivity (Wildman–Crippen MR) is 145 cm³/mol. The average molecular weight is 525 g/mol. The molecule has 2 N–H and O–H groups in total. The number of carbonyl (C=O) groups is 2. The van der Waals surface area contributed by atoms with Crippen LogP contribution in [0.4, 0.5) is 11.4 Å². The molecule has 0 spiro atoms. The molecule has 36 heavy (non-hydrogen) atoms. The fraction of sp³-hybridized carbons (Fsp3) is 0.192. The van der Waals surface area contributed by atoms with E-state index < -0.39 is 22.5 Å². The van der Waals surface area contributed by atoms with Crippen LogP contribution >= 0.6 is 11.8 Å². The molecule has 188 valence electrons. The molecule has 10 heteroatoms. The number of nitrogens with one attached hydrogen (secondary N) is 2. The quantitative estimate of drug-likeness (QED) is 0.245. The monoisotopic (exact) mass is 524 g/mol. The highest BCUT2D eigenvalue weighted by molar-refractivity contribution is 7.98. The van der Waals surface area contributed by atoms with Crippen molar-refractivity contribution in [3.63, 3.8) is 0 Å². The maximum atomic E-state index is 13.5. The van der Waals surface area contributed by atoms with Gasteiger partial charge in [0.15, 0.2) is 0 Å². The number of carbonyl (C=O) groups excluding carboxylic acids is 2. The fourth-order valence-corrected chi connectivity index (χ4v) is 5.10. The van der Waals surface area contributed by atoms with Crippen LogP contribution in [-0.4, -0.2) is 38.7 Å². The first-order valence-electron chi connectivity index (χ1n) is 11.0. The Morgan fingerprint density at radius 3 is 2.08 bits per heavy atom. The van der Waals surface area contributed by atoms with Crippen molar-refractivity contribution >= 4 is 50.7 Å². The van der Waals surface area contributed by atoms with Gasteiger partial charge in [-0.1, -0.05) is 29.8 Å². The number of hydrogen-bond acceptors (Lipinski definition) is 6. The second kappa shape index (κ2) is 11.9. The number of anilines is 2. The maximum absolute atomic E-state index is 13.5. The molecule has 0 atom stereocenters. The Kier molecular flexibility index (Phi) is 8.89. The second-order valence-electron chi connectivity index (χ2n) is 8.01. The zero-order valence-corrected chi connectivity index (χ0v) is 22.1. The smallest absolute Gasteiger partial charge is 0.264 e. The van der Waals surface area contributed by atoms with E-state index >= 15 is 0 Å². The molecule has 0 aromatic heterocycles. The second-order valence-corrected chi connectivity index (χ2v) is 10.8. The van der Waals surface area contributed by atoms with E-state index in [-0.39, 0.29) is 10.8 Å². The number of amides is 2. The van der Waals surface area contributed by atoms with Crippen molar-refractivity contribution in [3.05, 3.63) is 83.9 Å². The molecule has 0 saturated carbocycles. The summed E-state index contributed by atoms with van der Waals surface area (Å²) in [6.07, 6.45) is 1.91. The number of benzene rings is 3. The molecule has 0 aliphatic heterocycles. The summed E-state index contributed by atoms with van der Waals surface area (Å²) in [7, 11) is -4.01. The number of sulfonamides is 1. The third kappa shape index (κ3) is 6.96. The molecule has 0 aliphatic rings. The lowest BCUT2D eigenvalue weighted by atomic mass is 10.1. The molecular weight excluding hydrogens is 496 g/mol. The van der Waals surface area contributed by atoms with E-state index in [0.29, 0.717) is 17.1 Å². The lowest BCUT2D eigenvalue weighted by Crippen LogP contribution is -2.39. The Labute approximate surface area is 215 Å². The molecule has 0 saturated heterocycles. The van der Waals surface area contributed by atoms with Crippen LogP contribution in [0.25, 0.3) is 0 Å². The summed E-state index contributed by atoms with van der Waals surface area (Å²) in [4.78, 5) is 25.0. The summed E-state index contributed by atoms with van der Waals surface area (Å²) < 4.78 is 28.1. The van der Waals surface area contributed by atoms with Gasteiger partial charge in [-0.2, -0.15) is 5.10 Å². The SMILES string of the molecule is CSc1ccc(S(=O)(=O)N(CC(=O)N/N=C(/C)c2ccc(NC(C)=O)cc2)c2ccc(C)cc2)cc1. The Morgan fingerprint density at radius 1 is 0.917 bits per heavy atom. The summed E-state index contributed by atoms with van der Waals surface area (Å²) in [5, 5.41) is 6.81. The number of rotatable bonds is 9. The van der Waals surface area contributed by atoms with E-state index in [1.165, 1.54) is 30.8 Å². The molecule has 0 heterocycles. The number of aryl methyl sites for hydroxylation is 1. The average Bonchev–Trinajstić information content (AvgIpc) is 2.86. The van der Waals surface area contributed by atoms with Gasteiger partial charge in [0.05, 0.1) is 16.3 Å². The predicted octanol–water partition coefficient (Wildman–Crippen LogP) is 4.41. The first-order chi connectivity index (χ1) is 17.1. The summed E-state index contributed by atoms with van der Waals surface area (Å²) in [5.74, 6) is -0.761. The summed E-state index contributed by atoms with van der Waals surface area (Å²) in [5.41, 5.74) is 5.70. The lowest BCUT2D eigenvalue weighted by Gasteiger charge is -2.24. The van der Waals surface area contributed by atoms with E-state index in [2.05, 4.69) is 15.8 Å². The van der Waals surface area contributed by atoms with E-state index in [1.807, 2.05) is 13.2 Å². The Bertz CT molecular complexity index is 1350. The van der Waals surface area contributed by atoms with Gasteiger partial charge in [-0.05, 0) is 74.2 Å². The standard InChI is InChI=1S/C26H28N4O4S2/c1-18-5-11-23(12-6-18)30(36(33,34)25-15-13-24(35-4)14-16-25)17-26(32)29-28-19(2)21-7-9-22(10-8-21)27-20(3)31/h5-16H,17H2,1-4H3,(H,27,31)(H,29,32)/b28-19-. The van der Waals surface area contributed by atoms with Gasteiger partial charge in [0, 0.05) is 17.5 Å². The zero-order valence-electron chi connectivity index (χ0n) is 20.5. The maximum Gasteiger partial charge on any atom is 0.264 e. The van der Waals surface area contributed by atoms with Crippen molar-refractivity contribution in [2.24, 2.45) is 5.10 Å². The van der Waals surface area contributed by atoms with E-state index in [0.717, 1.165) is 20.3 Å². The van der Waals surface area contributed by atoms with Gasteiger partial charge >= 0.3 is 0 Å². The molecule has 0 aliphatic carbocycles. The van der Waals surface area contributed by atoms with Crippen LogP contribution in [-0.2, 0) is 19.6 Å². The van der Waals surface area contributed by atoms with Gasteiger partial charge in [-0.3, -0.25) is 13.9 Å². The number of hydrogen-bond donors (Lipinski definition) is 2. The minimum Gasteiger partial charge on any atom is -0.326 e. The molecular formula is C26H28N4O4S2. The third-order valence-corrected chi connectivity index (χ3v) is 7.76. The van der Waals surface area contributed by atoms with Gasteiger partial charge in [0.2, 0.25) is 5.91 Å². The minimum atomic E-state index is -4.01. The van der Waals surface area contributed by atoms with Crippen molar-refractivity contribution in [1.82, 2.24) is 5.43 Å². The molecule has 0 fully saturated rings. The van der Waals surface area contributed by atoms with Crippen molar-refractivity contribution < 1.29 is 18.0 Å². The summed E-state index contributed by atoms with van der Waals surface area (Å²) >= 11 is 1.51. The largest absolute Gasteiger partial charge is 0.326 e. The molecule has 0 bridgehead atoms. The van der Waals surface area contributed by atoms with Crippen LogP contribution in [0, 0.1) is 6.92 Å². The highest BCUT2D eigenvalue weighted by atomic mass is 32.2. The van der Waals surface area contributed by atoms with Gasteiger partial charge < -0.3 is 5.32 Å². The van der Waals surface area contributed by atoms with Crippen LogP contribution in [0.1, 0.15) is 25.0 Å². The van der Waals surface area contributed by atoms with E-state index in [9.17, 15) is 18.0 Å².